The molecule has 0 aliphatic heterocycles. The lowest BCUT2D eigenvalue weighted by atomic mass is 10.1. The van der Waals surface area contributed by atoms with Crippen LogP contribution in [-0.2, 0) is 16.9 Å². The summed E-state index contributed by atoms with van der Waals surface area (Å²) in [6.07, 6.45) is 5.31. The normalized spacial score (nSPS) is 11.1. The van der Waals surface area contributed by atoms with Crippen LogP contribution in [-0.4, -0.2) is 47.1 Å². The van der Waals surface area contributed by atoms with E-state index in [1.807, 2.05) is 67.7 Å². The molecule has 11 nitrogen and oxygen atoms in total. The first-order valence-electron chi connectivity index (χ1n) is 10.7. The molecule has 0 saturated heterocycles. The highest BCUT2D eigenvalue weighted by Gasteiger charge is 2.16. The van der Waals surface area contributed by atoms with Gasteiger partial charge in [0.2, 0.25) is 0 Å². The number of anilines is 1. The van der Waals surface area contributed by atoms with Gasteiger partial charge in [-0.25, -0.2) is 14.5 Å². The minimum absolute atomic E-state index is 0.547. The number of aryl methyl sites for hydroxylation is 1. The number of pyridine rings is 2. The first-order valence-corrected chi connectivity index (χ1v) is 12.1. The molecule has 4 aromatic heterocycles. The van der Waals surface area contributed by atoms with Gasteiger partial charge in [-0.2, -0.15) is 13.5 Å². The van der Waals surface area contributed by atoms with Gasteiger partial charge >= 0.3 is 10.4 Å². The minimum Gasteiger partial charge on any atom is -0.378 e. The van der Waals surface area contributed by atoms with Crippen LogP contribution in [0.4, 0.5) is 5.69 Å². The van der Waals surface area contributed by atoms with Crippen LogP contribution in [0.3, 0.4) is 0 Å². The van der Waals surface area contributed by atoms with E-state index in [1.54, 1.807) is 10.8 Å². The fraction of sp³-hybridized carbons (Fsp3) is 0.0833. The summed E-state index contributed by atoms with van der Waals surface area (Å²) in [4.78, 5) is 17.3. The molecule has 0 atom stereocenters. The number of rotatable bonds is 6. The van der Waals surface area contributed by atoms with Crippen molar-refractivity contribution >= 4 is 27.8 Å². The summed E-state index contributed by atoms with van der Waals surface area (Å²) in [6.45, 7) is 6.36. The van der Waals surface area contributed by atoms with E-state index in [0.717, 1.165) is 51.1 Å². The fourth-order valence-electron chi connectivity index (χ4n) is 3.50. The number of hydrogen-bond donors (Lipinski definition) is 4. The van der Waals surface area contributed by atoms with Gasteiger partial charge in [0.1, 0.15) is 12.2 Å². The number of fused-ring (bicyclic) bond motifs is 1. The lowest BCUT2D eigenvalue weighted by Crippen LogP contribution is -2.01. The van der Waals surface area contributed by atoms with Crippen molar-refractivity contribution in [2.45, 2.75) is 13.5 Å². The molecule has 12 heteroatoms. The maximum Gasteiger partial charge on any atom is 0.394 e. The molecule has 5 rings (SSSR count). The number of aromatic nitrogens is 6. The van der Waals surface area contributed by atoms with Crippen LogP contribution >= 0.6 is 0 Å². The average Bonchev–Trinajstić information content (AvgIpc) is 3.48. The van der Waals surface area contributed by atoms with Crippen LogP contribution in [0.2, 0.25) is 0 Å². The molecule has 184 valence electrons. The van der Waals surface area contributed by atoms with Gasteiger partial charge in [0.05, 0.1) is 23.6 Å². The summed E-state index contributed by atoms with van der Waals surface area (Å²) < 4.78 is 33.3. The Labute approximate surface area is 207 Å². The number of nitrogens with zero attached hydrogens (tertiary/aromatic N) is 5. The molecular formula is C24H23N7O4S. The van der Waals surface area contributed by atoms with E-state index in [1.165, 1.54) is 0 Å². The number of nitrogens with one attached hydrogen (secondary N) is 2. The maximum atomic E-state index is 8.74. The van der Waals surface area contributed by atoms with Crippen molar-refractivity contribution in [2.75, 3.05) is 5.32 Å². The predicted octanol–water partition coefficient (Wildman–Crippen LogP) is 4.09. The summed E-state index contributed by atoms with van der Waals surface area (Å²) in [7, 11) is -4.67. The molecule has 0 unspecified atom stereocenters. The van der Waals surface area contributed by atoms with Gasteiger partial charge in [-0.3, -0.25) is 14.1 Å². The van der Waals surface area contributed by atoms with Gasteiger partial charge in [-0.1, -0.05) is 30.9 Å². The zero-order valence-corrected chi connectivity index (χ0v) is 20.0. The van der Waals surface area contributed by atoms with E-state index in [9.17, 15) is 0 Å². The summed E-state index contributed by atoms with van der Waals surface area (Å²) in [5.74, 6) is 0.816. The van der Waals surface area contributed by atoms with Gasteiger partial charge < -0.3 is 10.3 Å². The smallest absolute Gasteiger partial charge is 0.378 e. The Bertz CT molecular complexity index is 1620. The molecule has 1 aromatic carbocycles. The molecule has 4 heterocycles. The summed E-state index contributed by atoms with van der Waals surface area (Å²) in [5.41, 5.74) is 7.30. The van der Waals surface area contributed by atoms with E-state index in [2.05, 4.69) is 33.0 Å². The van der Waals surface area contributed by atoms with Crippen molar-refractivity contribution in [1.29, 1.82) is 0 Å². The van der Waals surface area contributed by atoms with Gasteiger partial charge in [0.15, 0.2) is 5.65 Å². The van der Waals surface area contributed by atoms with Crippen LogP contribution in [0, 0.1) is 6.92 Å². The number of H-pyrrole nitrogens is 1. The monoisotopic (exact) mass is 505 g/mol. The van der Waals surface area contributed by atoms with Crippen LogP contribution < -0.4 is 5.32 Å². The maximum absolute atomic E-state index is 8.74. The molecular weight excluding hydrogens is 482 g/mol. The average molecular weight is 506 g/mol. The lowest BCUT2D eigenvalue weighted by Gasteiger charge is -2.05. The van der Waals surface area contributed by atoms with Crippen LogP contribution in [0.25, 0.3) is 34.4 Å². The van der Waals surface area contributed by atoms with Gasteiger partial charge in [0, 0.05) is 23.1 Å². The highest BCUT2D eigenvalue weighted by molar-refractivity contribution is 7.79. The topological polar surface area (TPSA) is 158 Å². The molecule has 5 aromatic rings. The van der Waals surface area contributed by atoms with Crippen molar-refractivity contribution in [3.8, 4) is 22.6 Å². The first-order chi connectivity index (χ1) is 17.2. The molecule has 0 saturated carbocycles. The molecule has 36 heavy (non-hydrogen) atoms. The van der Waals surface area contributed by atoms with Gasteiger partial charge in [-0.05, 0) is 48.9 Å². The second kappa shape index (κ2) is 10.5. The van der Waals surface area contributed by atoms with E-state index in [4.69, 9.17) is 27.5 Å². The number of benzene rings is 1. The van der Waals surface area contributed by atoms with E-state index >= 15 is 0 Å². The molecule has 0 bridgehead atoms. The lowest BCUT2D eigenvalue weighted by molar-refractivity contribution is 0.381. The van der Waals surface area contributed by atoms with E-state index in [-0.39, 0.29) is 0 Å². The molecule has 0 spiro atoms. The Balaban J connectivity index is 0.000000556. The Kier molecular flexibility index (Phi) is 7.20. The summed E-state index contributed by atoms with van der Waals surface area (Å²) in [6, 6.07) is 18.0. The Morgan fingerprint density at radius 1 is 1.11 bits per heavy atom. The number of hydrogen-bond acceptors (Lipinski definition) is 7. The second-order valence-corrected chi connectivity index (χ2v) is 8.58. The number of imidazole rings is 1. The summed E-state index contributed by atoms with van der Waals surface area (Å²) in [5, 5.41) is 7.68. The molecule has 0 aliphatic carbocycles. The summed E-state index contributed by atoms with van der Waals surface area (Å²) >= 11 is 0. The predicted molar refractivity (Wildman–Crippen MR) is 137 cm³/mol. The first kappa shape index (κ1) is 24.7. The van der Waals surface area contributed by atoms with Crippen molar-refractivity contribution < 1.29 is 17.5 Å². The second-order valence-electron chi connectivity index (χ2n) is 7.68. The SMILES string of the molecule is C=Cc1cccc(NCc2nc(-c3ccc4ncnn4c3)c(-c3cccc(C)n3)[nH]2)c1.O=S(=O)(O)O. The van der Waals surface area contributed by atoms with Gasteiger partial charge in [-0.15, -0.1) is 0 Å². The highest BCUT2D eigenvalue weighted by atomic mass is 32.3. The largest absolute Gasteiger partial charge is 0.394 e. The standard InChI is InChI=1S/C24H21N7.H2O4S/c1-3-17-7-5-8-19(12-17)25-13-21-29-23(18-10-11-22-26-15-27-31(22)14-18)24(30-21)20-9-4-6-16(2)28-20;1-5(2,3)4/h3-12,14-15,25H,1,13H2,2H3,(H,29,30);(H2,1,2,3,4). The number of aromatic amines is 1. The molecule has 4 N–H and O–H groups in total. The van der Waals surface area contributed by atoms with Gasteiger partial charge in [0.25, 0.3) is 0 Å². The van der Waals surface area contributed by atoms with E-state index in [0.29, 0.717) is 6.54 Å². The van der Waals surface area contributed by atoms with Crippen molar-refractivity contribution in [1.82, 2.24) is 29.5 Å². The van der Waals surface area contributed by atoms with E-state index < -0.39 is 10.4 Å². The quantitative estimate of drug-likeness (QED) is 0.249. The highest BCUT2D eigenvalue weighted by Crippen LogP contribution is 2.29. The minimum atomic E-state index is -4.67. The van der Waals surface area contributed by atoms with Crippen molar-refractivity contribution in [2.24, 2.45) is 0 Å². The molecule has 0 aliphatic rings. The van der Waals surface area contributed by atoms with Crippen molar-refractivity contribution in [3.63, 3.8) is 0 Å². The third-order valence-corrected chi connectivity index (χ3v) is 5.03. The zero-order valence-electron chi connectivity index (χ0n) is 19.2. The molecule has 0 radical (unpaired) electrons. The molecule has 0 fully saturated rings. The zero-order chi connectivity index (χ0) is 25.7. The fourth-order valence-corrected chi connectivity index (χ4v) is 3.50. The Morgan fingerprint density at radius 2 is 1.89 bits per heavy atom. The third-order valence-electron chi connectivity index (χ3n) is 5.03. The molecule has 0 amide bonds. The van der Waals surface area contributed by atoms with Crippen molar-refractivity contribution in [3.05, 3.63) is 90.8 Å². The van der Waals surface area contributed by atoms with Crippen LogP contribution in [0.5, 0.6) is 0 Å². The Morgan fingerprint density at radius 3 is 2.64 bits per heavy atom. The Hall–Kier alpha value is -4.39. The third kappa shape index (κ3) is 6.39. The van der Waals surface area contributed by atoms with Crippen LogP contribution in [0.15, 0.2) is 73.7 Å². The van der Waals surface area contributed by atoms with Crippen LogP contribution in [0.1, 0.15) is 17.1 Å².